The van der Waals surface area contributed by atoms with Crippen LogP contribution in [0.15, 0.2) is 29.6 Å². The maximum Gasteiger partial charge on any atom is 0.220 e. The monoisotopic (exact) mass is 316 g/mol. The largest absolute Gasteiger partial charge is 0.350 e. The molecular weight excluding hydrogens is 296 g/mol. The number of amides is 1. The van der Waals surface area contributed by atoms with Gasteiger partial charge >= 0.3 is 0 Å². The number of nitrogens with zero attached hydrogens (tertiary/aromatic N) is 1. The number of benzene rings is 1. The molecule has 1 amide bonds. The molecule has 5 heteroatoms. The zero-order valence-electron chi connectivity index (χ0n) is 12.9. The van der Waals surface area contributed by atoms with Crippen molar-refractivity contribution in [2.45, 2.75) is 39.7 Å². The summed E-state index contributed by atoms with van der Waals surface area (Å²) in [6.07, 6.45) is 1.39. The van der Waals surface area contributed by atoms with Gasteiger partial charge in [-0.1, -0.05) is 31.2 Å². The summed E-state index contributed by atoms with van der Waals surface area (Å²) in [5.74, 6) is -0.116. The molecule has 22 heavy (non-hydrogen) atoms. The standard InChI is InChI=1S/C17H20N2O2S/c1-3-13-4-6-14(7-5-13)15(20)8-9-16(21)18-10-17-19-12(2)11-22-17/h4-7,11H,3,8-10H2,1-2H3,(H,18,21). The van der Waals surface area contributed by atoms with E-state index in [0.29, 0.717) is 12.1 Å². The van der Waals surface area contributed by atoms with E-state index in [1.807, 2.05) is 36.6 Å². The highest BCUT2D eigenvalue weighted by Crippen LogP contribution is 2.10. The zero-order valence-corrected chi connectivity index (χ0v) is 13.7. The average molecular weight is 316 g/mol. The summed E-state index contributed by atoms with van der Waals surface area (Å²) < 4.78 is 0. The van der Waals surface area contributed by atoms with E-state index in [0.717, 1.165) is 17.1 Å². The van der Waals surface area contributed by atoms with Crippen LogP contribution in [0.3, 0.4) is 0 Å². The Bertz CT molecular complexity index is 647. The van der Waals surface area contributed by atoms with Gasteiger partial charge in [-0.05, 0) is 18.9 Å². The van der Waals surface area contributed by atoms with Crippen molar-refractivity contribution in [2.24, 2.45) is 0 Å². The number of hydrogen-bond acceptors (Lipinski definition) is 4. The third kappa shape index (κ3) is 4.77. The molecule has 0 atom stereocenters. The van der Waals surface area contributed by atoms with Crippen molar-refractivity contribution < 1.29 is 9.59 Å². The molecule has 0 spiro atoms. The lowest BCUT2D eigenvalue weighted by atomic mass is 10.0. The first-order valence-corrected chi connectivity index (χ1v) is 8.26. The van der Waals surface area contributed by atoms with Crippen LogP contribution in [0.4, 0.5) is 0 Å². The highest BCUT2D eigenvalue weighted by atomic mass is 32.1. The fraction of sp³-hybridized carbons (Fsp3) is 0.353. The lowest BCUT2D eigenvalue weighted by Crippen LogP contribution is -2.23. The van der Waals surface area contributed by atoms with Gasteiger partial charge < -0.3 is 5.32 Å². The fourth-order valence-corrected chi connectivity index (χ4v) is 2.76. The summed E-state index contributed by atoms with van der Waals surface area (Å²) >= 11 is 1.52. The minimum absolute atomic E-state index is 0.00268. The third-order valence-corrected chi connectivity index (χ3v) is 4.33. The molecule has 1 aromatic carbocycles. The molecule has 0 bridgehead atoms. The Morgan fingerprint density at radius 2 is 1.91 bits per heavy atom. The smallest absolute Gasteiger partial charge is 0.220 e. The molecule has 1 aromatic heterocycles. The molecule has 116 valence electrons. The van der Waals surface area contributed by atoms with Gasteiger partial charge in [0.15, 0.2) is 5.78 Å². The van der Waals surface area contributed by atoms with Crippen LogP contribution in [0.25, 0.3) is 0 Å². The lowest BCUT2D eigenvalue weighted by Gasteiger charge is -2.04. The van der Waals surface area contributed by atoms with Gasteiger partial charge in [0.2, 0.25) is 5.91 Å². The minimum atomic E-state index is -0.119. The number of aromatic nitrogens is 1. The van der Waals surface area contributed by atoms with Gasteiger partial charge in [0, 0.05) is 29.5 Å². The lowest BCUT2D eigenvalue weighted by molar-refractivity contribution is -0.121. The quantitative estimate of drug-likeness (QED) is 0.797. The number of carbonyl (C=O) groups excluding carboxylic acids is 2. The third-order valence-electron chi connectivity index (χ3n) is 3.37. The van der Waals surface area contributed by atoms with Crippen LogP contribution in [0.5, 0.6) is 0 Å². The van der Waals surface area contributed by atoms with E-state index in [2.05, 4.69) is 17.2 Å². The van der Waals surface area contributed by atoms with Gasteiger partial charge in [0.05, 0.1) is 6.54 Å². The van der Waals surface area contributed by atoms with Gasteiger partial charge in [0.1, 0.15) is 5.01 Å². The number of ketones is 1. The Morgan fingerprint density at radius 1 is 1.18 bits per heavy atom. The Kier molecular flexibility index (Phi) is 5.83. The van der Waals surface area contributed by atoms with Crippen molar-refractivity contribution >= 4 is 23.0 Å². The van der Waals surface area contributed by atoms with E-state index in [-0.39, 0.29) is 24.5 Å². The summed E-state index contributed by atoms with van der Waals surface area (Å²) in [7, 11) is 0. The summed E-state index contributed by atoms with van der Waals surface area (Å²) in [5.41, 5.74) is 2.83. The van der Waals surface area contributed by atoms with Crippen LogP contribution >= 0.6 is 11.3 Å². The second-order valence-corrected chi connectivity index (χ2v) is 6.08. The van der Waals surface area contributed by atoms with Gasteiger partial charge in [-0.3, -0.25) is 9.59 Å². The fourth-order valence-electron chi connectivity index (χ4n) is 2.04. The number of aryl methyl sites for hydroxylation is 2. The molecule has 1 N–H and O–H groups in total. The molecule has 1 heterocycles. The zero-order chi connectivity index (χ0) is 15.9. The molecule has 0 fully saturated rings. The van der Waals surface area contributed by atoms with Gasteiger partial charge in [0.25, 0.3) is 0 Å². The molecule has 2 aromatic rings. The summed E-state index contributed by atoms with van der Waals surface area (Å²) in [6, 6.07) is 7.57. The van der Waals surface area contributed by atoms with E-state index < -0.39 is 0 Å². The first-order valence-electron chi connectivity index (χ1n) is 7.38. The maximum absolute atomic E-state index is 12.0. The summed E-state index contributed by atoms with van der Waals surface area (Å²) in [5, 5.41) is 5.63. The predicted octanol–water partition coefficient (Wildman–Crippen LogP) is 3.29. The number of rotatable bonds is 7. The number of hydrogen-bond donors (Lipinski definition) is 1. The number of nitrogens with one attached hydrogen (secondary N) is 1. The van der Waals surface area contributed by atoms with Crippen LogP contribution in [0.2, 0.25) is 0 Å². The highest BCUT2D eigenvalue weighted by Gasteiger charge is 2.09. The number of Topliss-reactive ketones (excluding diaryl/α,β-unsaturated/α-hetero) is 1. The Hall–Kier alpha value is -2.01. The van der Waals surface area contributed by atoms with Crippen LogP contribution in [0.1, 0.15) is 46.4 Å². The van der Waals surface area contributed by atoms with E-state index >= 15 is 0 Å². The SMILES string of the molecule is CCc1ccc(C(=O)CCC(=O)NCc2nc(C)cs2)cc1. The molecule has 0 aliphatic carbocycles. The van der Waals surface area contributed by atoms with Crippen molar-refractivity contribution in [1.29, 1.82) is 0 Å². The predicted molar refractivity (Wildman–Crippen MR) is 88.1 cm³/mol. The highest BCUT2D eigenvalue weighted by molar-refractivity contribution is 7.09. The van der Waals surface area contributed by atoms with Gasteiger partial charge in [-0.25, -0.2) is 4.98 Å². The molecular formula is C17H20N2O2S. The maximum atomic E-state index is 12.0. The molecule has 0 saturated heterocycles. The van der Waals surface area contributed by atoms with Crippen LogP contribution in [0, 0.1) is 6.92 Å². The van der Waals surface area contributed by atoms with Gasteiger partial charge in [-0.15, -0.1) is 11.3 Å². The normalized spacial score (nSPS) is 10.5. The Labute approximate surface area is 134 Å². The van der Waals surface area contributed by atoms with Crippen molar-refractivity contribution in [3.63, 3.8) is 0 Å². The van der Waals surface area contributed by atoms with E-state index in [1.165, 1.54) is 16.9 Å². The Morgan fingerprint density at radius 3 is 2.50 bits per heavy atom. The molecule has 0 aliphatic heterocycles. The van der Waals surface area contributed by atoms with Crippen molar-refractivity contribution in [2.75, 3.05) is 0 Å². The molecule has 2 rings (SSSR count). The number of thiazole rings is 1. The van der Waals surface area contributed by atoms with Gasteiger partial charge in [-0.2, -0.15) is 0 Å². The van der Waals surface area contributed by atoms with E-state index in [1.54, 1.807) is 0 Å². The second kappa shape index (κ2) is 7.84. The van der Waals surface area contributed by atoms with E-state index in [9.17, 15) is 9.59 Å². The van der Waals surface area contributed by atoms with Crippen molar-refractivity contribution in [3.05, 3.63) is 51.5 Å². The Balaban J connectivity index is 1.76. The number of carbonyl (C=O) groups is 2. The van der Waals surface area contributed by atoms with Crippen molar-refractivity contribution in [1.82, 2.24) is 10.3 Å². The van der Waals surface area contributed by atoms with Crippen LogP contribution in [-0.2, 0) is 17.8 Å². The molecule has 0 radical (unpaired) electrons. The van der Waals surface area contributed by atoms with Crippen LogP contribution in [-0.4, -0.2) is 16.7 Å². The van der Waals surface area contributed by atoms with Crippen LogP contribution < -0.4 is 5.32 Å². The molecule has 0 saturated carbocycles. The summed E-state index contributed by atoms with van der Waals surface area (Å²) in [4.78, 5) is 28.1. The first kappa shape index (κ1) is 16.4. The average Bonchev–Trinajstić information content (AvgIpc) is 2.96. The van der Waals surface area contributed by atoms with Crippen molar-refractivity contribution in [3.8, 4) is 0 Å². The minimum Gasteiger partial charge on any atom is -0.350 e. The van der Waals surface area contributed by atoms with E-state index in [4.69, 9.17) is 0 Å². The molecule has 0 aliphatic rings. The second-order valence-electron chi connectivity index (χ2n) is 5.13. The first-order chi connectivity index (χ1) is 10.6. The molecule has 4 nitrogen and oxygen atoms in total. The molecule has 0 unspecified atom stereocenters. The topological polar surface area (TPSA) is 59.1 Å². The summed E-state index contributed by atoms with van der Waals surface area (Å²) in [6.45, 7) is 4.42.